The number of rotatable bonds is 3. The van der Waals surface area contributed by atoms with E-state index in [1.165, 1.54) is 12.1 Å². The first-order valence-electron chi connectivity index (χ1n) is 6.88. The fraction of sp³-hybridized carbons (Fsp3) is 0.533. The maximum atomic E-state index is 13.3. The van der Waals surface area contributed by atoms with Gasteiger partial charge in [-0.3, -0.25) is 0 Å². The van der Waals surface area contributed by atoms with Crippen LogP contribution in [-0.4, -0.2) is 24.0 Å². The van der Waals surface area contributed by atoms with E-state index in [4.69, 9.17) is 0 Å². The van der Waals surface area contributed by atoms with E-state index in [-0.39, 0.29) is 17.9 Å². The van der Waals surface area contributed by atoms with E-state index in [1.807, 2.05) is 11.0 Å². The number of halogens is 1. The lowest BCUT2D eigenvalue weighted by Gasteiger charge is -2.25. The van der Waals surface area contributed by atoms with E-state index in [2.05, 4.69) is 19.2 Å². The Bertz CT molecular complexity index is 448. The highest BCUT2D eigenvalue weighted by molar-refractivity contribution is 5.75. The van der Waals surface area contributed by atoms with Crippen LogP contribution < -0.4 is 5.32 Å². The Hall–Kier alpha value is -1.58. The van der Waals surface area contributed by atoms with Crippen molar-refractivity contribution in [1.29, 1.82) is 0 Å². The van der Waals surface area contributed by atoms with E-state index in [0.717, 1.165) is 24.9 Å². The molecule has 1 aliphatic rings. The topological polar surface area (TPSA) is 32.3 Å². The summed E-state index contributed by atoms with van der Waals surface area (Å²) in [4.78, 5) is 14.0. The Morgan fingerprint density at radius 2 is 2.32 bits per heavy atom. The zero-order chi connectivity index (χ0) is 13.8. The molecule has 3 nitrogen and oxygen atoms in total. The first kappa shape index (κ1) is 13.8. The van der Waals surface area contributed by atoms with Crippen LogP contribution in [0.4, 0.5) is 9.18 Å². The monoisotopic (exact) mass is 264 g/mol. The van der Waals surface area contributed by atoms with Gasteiger partial charge in [-0.1, -0.05) is 26.0 Å². The first-order chi connectivity index (χ1) is 9.08. The summed E-state index contributed by atoms with van der Waals surface area (Å²) in [5, 5.41) is 2.93. The molecular formula is C15H21FN2O. The third kappa shape index (κ3) is 3.46. The maximum absolute atomic E-state index is 13.3. The third-order valence-electron chi connectivity index (χ3n) is 3.41. The van der Waals surface area contributed by atoms with Crippen molar-refractivity contribution in [2.75, 3.05) is 13.1 Å². The summed E-state index contributed by atoms with van der Waals surface area (Å²) in [6.45, 7) is 5.54. The van der Waals surface area contributed by atoms with Crippen molar-refractivity contribution >= 4 is 6.03 Å². The second-order valence-corrected chi connectivity index (χ2v) is 5.49. The minimum atomic E-state index is -0.244. The summed E-state index contributed by atoms with van der Waals surface area (Å²) in [5.74, 6) is 0.186. The lowest BCUT2D eigenvalue weighted by Crippen LogP contribution is -2.40. The SMILES string of the molecule is CC(C)CNC(=O)N1CCC[C@H]1c1cccc(F)c1. The van der Waals surface area contributed by atoms with Gasteiger partial charge in [-0.2, -0.15) is 0 Å². The number of amides is 2. The molecule has 1 fully saturated rings. The number of likely N-dealkylation sites (tertiary alicyclic amines) is 1. The molecule has 0 unspecified atom stereocenters. The van der Waals surface area contributed by atoms with Crippen LogP contribution >= 0.6 is 0 Å². The molecular weight excluding hydrogens is 243 g/mol. The van der Waals surface area contributed by atoms with Crippen molar-refractivity contribution < 1.29 is 9.18 Å². The standard InChI is InChI=1S/C15H21FN2O/c1-11(2)10-17-15(19)18-8-4-7-14(18)12-5-3-6-13(16)9-12/h3,5-6,9,11,14H,4,7-8,10H2,1-2H3,(H,17,19)/t14-/m0/s1. The number of carbonyl (C=O) groups is 1. The summed E-state index contributed by atoms with van der Waals surface area (Å²) in [7, 11) is 0. The van der Waals surface area contributed by atoms with Crippen LogP contribution in [0.3, 0.4) is 0 Å². The summed E-state index contributed by atoms with van der Waals surface area (Å²) < 4.78 is 13.3. The fourth-order valence-corrected chi connectivity index (χ4v) is 2.46. The van der Waals surface area contributed by atoms with E-state index in [1.54, 1.807) is 6.07 Å². The molecule has 19 heavy (non-hydrogen) atoms. The molecule has 2 amide bonds. The summed E-state index contributed by atoms with van der Waals surface area (Å²) in [6.07, 6.45) is 1.87. The van der Waals surface area contributed by atoms with Gasteiger partial charge in [-0.15, -0.1) is 0 Å². The quantitative estimate of drug-likeness (QED) is 0.892. The molecule has 0 bridgehead atoms. The number of hydrogen-bond acceptors (Lipinski definition) is 1. The molecule has 0 saturated carbocycles. The highest BCUT2D eigenvalue weighted by atomic mass is 19.1. The highest BCUT2D eigenvalue weighted by Gasteiger charge is 2.29. The van der Waals surface area contributed by atoms with Gasteiger partial charge in [0.25, 0.3) is 0 Å². The van der Waals surface area contributed by atoms with Gasteiger partial charge in [-0.05, 0) is 36.5 Å². The Balaban J connectivity index is 2.06. The number of hydrogen-bond donors (Lipinski definition) is 1. The van der Waals surface area contributed by atoms with Gasteiger partial charge in [-0.25, -0.2) is 9.18 Å². The fourth-order valence-electron chi connectivity index (χ4n) is 2.46. The largest absolute Gasteiger partial charge is 0.338 e. The van der Waals surface area contributed by atoms with Crippen LogP contribution in [0.5, 0.6) is 0 Å². The van der Waals surface area contributed by atoms with Crippen LogP contribution in [0.2, 0.25) is 0 Å². The zero-order valence-electron chi connectivity index (χ0n) is 11.5. The Morgan fingerprint density at radius 3 is 3.00 bits per heavy atom. The lowest BCUT2D eigenvalue weighted by atomic mass is 10.0. The Labute approximate surface area is 113 Å². The molecule has 1 aromatic rings. The molecule has 0 radical (unpaired) electrons. The second-order valence-electron chi connectivity index (χ2n) is 5.49. The van der Waals surface area contributed by atoms with Crippen LogP contribution in [0.25, 0.3) is 0 Å². The predicted octanol–water partition coefficient (Wildman–Crippen LogP) is 3.33. The number of nitrogens with zero attached hydrogens (tertiary/aromatic N) is 1. The minimum absolute atomic E-state index is 0.00265. The lowest BCUT2D eigenvalue weighted by molar-refractivity contribution is 0.191. The average Bonchev–Trinajstić information content (AvgIpc) is 2.85. The molecule has 1 atom stereocenters. The van der Waals surface area contributed by atoms with Crippen molar-refractivity contribution in [2.24, 2.45) is 5.92 Å². The molecule has 1 saturated heterocycles. The van der Waals surface area contributed by atoms with Gasteiger partial charge in [0, 0.05) is 13.1 Å². The molecule has 4 heteroatoms. The van der Waals surface area contributed by atoms with Gasteiger partial charge in [0.15, 0.2) is 0 Å². The van der Waals surface area contributed by atoms with Crippen LogP contribution in [0, 0.1) is 11.7 Å². The van der Waals surface area contributed by atoms with Gasteiger partial charge >= 0.3 is 6.03 Å². The molecule has 1 N–H and O–H groups in total. The maximum Gasteiger partial charge on any atom is 0.317 e. The van der Waals surface area contributed by atoms with Crippen molar-refractivity contribution in [1.82, 2.24) is 10.2 Å². The first-order valence-corrected chi connectivity index (χ1v) is 6.88. The molecule has 1 heterocycles. The van der Waals surface area contributed by atoms with Gasteiger partial charge < -0.3 is 10.2 Å². The van der Waals surface area contributed by atoms with Crippen LogP contribution in [0.1, 0.15) is 38.3 Å². The van der Waals surface area contributed by atoms with E-state index < -0.39 is 0 Å². The highest BCUT2D eigenvalue weighted by Crippen LogP contribution is 2.31. The molecule has 0 aliphatic carbocycles. The number of carbonyl (C=O) groups excluding carboxylic acids is 1. The number of benzene rings is 1. The molecule has 1 aliphatic heterocycles. The minimum Gasteiger partial charge on any atom is -0.338 e. The normalized spacial score (nSPS) is 18.9. The van der Waals surface area contributed by atoms with Crippen LogP contribution in [-0.2, 0) is 0 Å². The summed E-state index contributed by atoms with van der Waals surface area (Å²) >= 11 is 0. The predicted molar refractivity (Wildman–Crippen MR) is 73.3 cm³/mol. The smallest absolute Gasteiger partial charge is 0.317 e. The third-order valence-corrected chi connectivity index (χ3v) is 3.41. The molecule has 104 valence electrons. The summed E-state index contributed by atoms with van der Waals surface area (Å²) in [6, 6.07) is 6.51. The summed E-state index contributed by atoms with van der Waals surface area (Å²) in [5.41, 5.74) is 0.886. The van der Waals surface area contributed by atoms with Gasteiger partial charge in [0.1, 0.15) is 5.82 Å². The number of urea groups is 1. The van der Waals surface area contributed by atoms with Gasteiger partial charge in [0.2, 0.25) is 0 Å². The van der Waals surface area contributed by atoms with E-state index in [9.17, 15) is 9.18 Å². The van der Waals surface area contributed by atoms with Gasteiger partial charge in [0.05, 0.1) is 6.04 Å². The zero-order valence-corrected chi connectivity index (χ0v) is 11.5. The molecule has 0 aromatic heterocycles. The van der Waals surface area contributed by atoms with E-state index in [0.29, 0.717) is 12.5 Å². The van der Waals surface area contributed by atoms with Crippen LogP contribution in [0.15, 0.2) is 24.3 Å². The van der Waals surface area contributed by atoms with Crippen molar-refractivity contribution in [3.05, 3.63) is 35.6 Å². The molecule has 0 spiro atoms. The second kappa shape index (κ2) is 6.04. The molecule has 1 aromatic carbocycles. The number of nitrogens with one attached hydrogen (secondary N) is 1. The Kier molecular flexibility index (Phi) is 4.40. The van der Waals surface area contributed by atoms with Crippen molar-refractivity contribution in [2.45, 2.75) is 32.7 Å². The molecule has 2 rings (SSSR count). The van der Waals surface area contributed by atoms with E-state index >= 15 is 0 Å². The van der Waals surface area contributed by atoms with Crippen molar-refractivity contribution in [3.8, 4) is 0 Å². The van der Waals surface area contributed by atoms with Crippen molar-refractivity contribution in [3.63, 3.8) is 0 Å². The Morgan fingerprint density at radius 1 is 1.53 bits per heavy atom. The average molecular weight is 264 g/mol.